The Morgan fingerprint density at radius 3 is 2.82 bits per heavy atom. The molecular weight excluding hydrogens is 446 g/mol. The van der Waals surface area contributed by atoms with Crippen molar-refractivity contribution in [1.82, 2.24) is 10.2 Å². The molecule has 0 spiro atoms. The smallest absolute Gasteiger partial charge is 0.240 e. The highest BCUT2D eigenvalue weighted by molar-refractivity contribution is 9.10. The van der Waals surface area contributed by atoms with Crippen molar-refractivity contribution in [3.05, 3.63) is 58.6 Å². The summed E-state index contributed by atoms with van der Waals surface area (Å²) >= 11 is 3.45. The molecule has 8 heteroatoms. The summed E-state index contributed by atoms with van der Waals surface area (Å²) < 4.78 is 6.14. The Balaban J connectivity index is 0.00000280. The summed E-state index contributed by atoms with van der Waals surface area (Å²) in [5.74, 6) is 0.403. The first kappa shape index (κ1) is 22.2. The van der Waals surface area contributed by atoms with Crippen LogP contribution in [0.25, 0.3) is 0 Å². The number of amides is 2. The molecule has 3 rings (SSSR count). The van der Waals surface area contributed by atoms with Crippen molar-refractivity contribution in [2.45, 2.75) is 19.0 Å². The highest BCUT2D eigenvalue weighted by Gasteiger charge is 2.30. The van der Waals surface area contributed by atoms with Gasteiger partial charge in [-0.15, -0.1) is 12.4 Å². The van der Waals surface area contributed by atoms with Crippen LogP contribution in [0.3, 0.4) is 0 Å². The second-order valence-electron chi connectivity index (χ2n) is 6.38. The number of hydrogen-bond donors (Lipinski definition) is 2. The fraction of sp³-hybridized carbons (Fsp3) is 0.300. The third kappa shape index (κ3) is 5.95. The average molecular weight is 469 g/mol. The van der Waals surface area contributed by atoms with Gasteiger partial charge < -0.3 is 20.3 Å². The molecule has 2 aromatic carbocycles. The van der Waals surface area contributed by atoms with E-state index in [9.17, 15) is 9.59 Å². The second kappa shape index (κ2) is 10.5. The summed E-state index contributed by atoms with van der Waals surface area (Å²) in [6.07, 6.45) is 0.0883. The zero-order valence-corrected chi connectivity index (χ0v) is 17.9. The zero-order valence-electron chi connectivity index (χ0n) is 15.5. The van der Waals surface area contributed by atoms with Gasteiger partial charge in [-0.2, -0.15) is 0 Å². The molecule has 1 unspecified atom stereocenters. The van der Waals surface area contributed by atoms with Gasteiger partial charge >= 0.3 is 0 Å². The molecule has 1 aliphatic rings. The molecule has 2 aromatic rings. The van der Waals surface area contributed by atoms with Gasteiger partial charge in [0.05, 0.1) is 19.6 Å². The molecule has 28 heavy (non-hydrogen) atoms. The molecule has 2 amide bonds. The minimum atomic E-state index is -0.517. The van der Waals surface area contributed by atoms with Crippen LogP contribution >= 0.6 is 28.3 Å². The van der Waals surface area contributed by atoms with Crippen LogP contribution in [0.15, 0.2) is 53.0 Å². The molecule has 1 aliphatic heterocycles. The highest BCUT2D eigenvalue weighted by atomic mass is 79.9. The summed E-state index contributed by atoms with van der Waals surface area (Å²) in [7, 11) is 1.57. The lowest BCUT2D eigenvalue weighted by Gasteiger charge is -2.33. The average Bonchev–Trinajstić information content (AvgIpc) is 2.65. The number of benzene rings is 2. The van der Waals surface area contributed by atoms with Gasteiger partial charge in [0.1, 0.15) is 5.75 Å². The molecule has 1 heterocycles. The predicted molar refractivity (Wildman–Crippen MR) is 115 cm³/mol. The molecule has 0 aromatic heterocycles. The number of anilines is 1. The van der Waals surface area contributed by atoms with E-state index in [0.717, 1.165) is 10.0 Å². The summed E-state index contributed by atoms with van der Waals surface area (Å²) in [6, 6.07) is 14.5. The number of nitrogens with one attached hydrogen (secondary N) is 2. The van der Waals surface area contributed by atoms with Crippen LogP contribution in [0.1, 0.15) is 12.0 Å². The highest BCUT2D eigenvalue weighted by Crippen LogP contribution is 2.18. The minimum absolute atomic E-state index is 0. The van der Waals surface area contributed by atoms with Gasteiger partial charge in [0, 0.05) is 35.9 Å². The summed E-state index contributed by atoms with van der Waals surface area (Å²) in [5.41, 5.74) is 1.70. The molecule has 150 valence electrons. The summed E-state index contributed by atoms with van der Waals surface area (Å²) in [6.45, 7) is 1.82. The SMILES string of the molecule is COc1cccc(NC(=O)CC2NCCN(Cc3cccc(Br)c3)C2=O)c1.Cl. The van der Waals surface area contributed by atoms with Gasteiger partial charge in [-0.1, -0.05) is 34.1 Å². The number of carbonyl (C=O) groups excluding carboxylic acids is 2. The monoisotopic (exact) mass is 467 g/mol. The standard InChI is InChI=1S/C20H22BrN3O3.ClH/c1-27-17-7-3-6-16(11-17)23-19(25)12-18-20(26)24(9-8-22-18)13-14-4-2-5-15(21)10-14;/h2-7,10-11,18,22H,8-9,12-13H2,1H3,(H,23,25);1H. The molecular formula is C20H23BrClN3O3. The van der Waals surface area contributed by atoms with E-state index in [4.69, 9.17) is 4.74 Å². The number of methoxy groups -OCH3 is 1. The number of rotatable bonds is 6. The number of hydrogen-bond acceptors (Lipinski definition) is 4. The van der Waals surface area contributed by atoms with E-state index >= 15 is 0 Å². The van der Waals surface area contributed by atoms with Crippen LogP contribution in [-0.2, 0) is 16.1 Å². The van der Waals surface area contributed by atoms with Crippen LogP contribution in [0, 0.1) is 0 Å². The van der Waals surface area contributed by atoms with E-state index in [1.54, 1.807) is 30.2 Å². The quantitative estimate of drug-likeness (QED) is 0.683. The molecule has 1 atom stereocenters. The first-order valence-electron chi connectivity index (χ1n) is 8.75. The number of nitrogens with zero attached hydrogens (tertiary/aromatic N) is 1. The lowest BCUT2D eigenvalue weighted by atomic mass is 10.1. The summed E-state index contributed by atoms with van der Waals surface area (Å²) in [5, 5.41) is 5.97. The van der Waals surface area contributed by atoms with E-state index in [0.29, 0.717) is 31.1 Å². The van der Waals surface area contributed by atoms with E-state index < -0.39 is 6.04 Å². The summed E-state index contributed by atoms with van der Waals surface area (Å²) in [4.78, 5) is 26.9. The first-order valence-corrected chi connectivity index (χ1v) is 9.55. The van der Waals surface area contributed by atoms with Crippen LogP contribution in [-0.4, -0.2) is 43.0 Å². The minimum Gasteiger partial charge on any atom is -0.497 e. The number of piperazine rings is 1. The van der Waals surface area contributed by atoms with Gasteiger partial charge in [0.25, 0.3) is 0 Å². The molecule has 0 saturated carbocycles. The van der Waals surface area contributed by atoms with E-state index in [2.05, 4.69) is 26.6 Å². The van der Waals surface area contributed by atoms with E-state index in [-0.39, 0.29) is 30.6 Å². The Labute approximate surface area is 179 Å². The Morgan fingerprint density at radius 2 is 2.07 bits per heavy atom. The fourth-order valence-corrected chi connectivity index (χ4v) is 3.51. The molecule has 0 aliphatic carbocycles. The van der Waals surface area contributed by atoms with Crippen LogP contribution in [0.4, 0.5) is 5.69 Å². The van der Waals surface area contributed by atoms with Crippen molar-refractivity contribution in [3.63, 3.8) is 0 Å². The maximum atomic E-state index is 12.8. The number of halogens is 2. The first-order chi connectivity index (χ1) is 13.0. The van der Waals surface area contributed by atoms with Gasteiger partial charge in [0.2, 0.25) is 11.8 Å². The van der Waals surface area contributed by atoms with Gasteiger partial charge in [-0.3, -0.25) is 9.59 Å². The second-order valence-corrected chi connectivity index (χ2v) is 7.30. The van der Waals surface area contributed by atoms with Crippen LogP contribution in [0.2, 0.25) is 0 Å². The Morgan fingerprint density at radius 1 is 1.29 bits per heavy atom. The normalized spacial score (nSPS) is 16.3. The Bertz CT molecular complexity index is 834. The van der Waals surface area contributed by atoms with Crippen molar-refractivity contribution in [1.29, 1.82) is 0 Å². The Hall–Kier alpha value is -2.09. The molecule has 2 N–H and O–H groups in total. The van der Waals surface area contributed by atoms with Gasteiger partial charge in [-0.25, -0.2) is 0 Å². The van der Waals surface area contributed by atoms with E-state index in [1.165, 1.54) is 0 Å². The lowest BCUT2D eigenvalue weighted by Crippen LogP contribution is -2.55. The fourth-order valence-electron chi connectivity index (χ4n) is 3.06. The number of ether oxygens (including phenoxy) is 1. The topological polar surface area (TPSA) is 70.7 Å². The largest absolute Gasteiger partial charge is 0.497 e. The van der Waals surface area contributed by atoms with Crippen molar-refractivity contribution >= 4 is 45.8 Å². The lowest BCUT2D eigenvalue weighted by molar-refractivity contribution is -0.138. The molecule has 0 bridgehead atoms. The van der Waals surface area contributed by atoms with Crippen LogP contribution < -0.4 is 15.4 Å². The third-order valence-corrected chi connectivity index (χ3v) is 4.88. The Kier molecular flexibility index (Phi) is 8.29. The third-order valence-electron chi connectivity index (χ3n) is 4.39. The molecule has 1 fully saturated rings. The van der Waals surface area contributed by atoms with Gasteiger partial charge in [0.15, 0.2) is 0 Å². The van der Waals surface area contributed by atoms with Crippen molar-refractivity contribution in [3.8, 4) is 5.75 Å². The van der Waals surface area contributed by atoms with Crippen LogP contribution in [0.5, 0.6) is 5.75 Å². The maximum Gasteiger partial charge on any atom is 0.240 e. The molecule has 6 nitrogen and oxygen atoms in total. The van der Waals surface area contributed by atoms with Crippen molar-refractivity contribution in [2.75, 3.05) is 25.5 Å². The maximum absolute atomic E-state index is 12.8. The molecule has 0 radical (unpaired) electrons. The predicted octanol–water partition coefficient (Wildman–Crippen LogP) is 3.21. The van der Waals surface area contributed by atoms with Crippen molar-refractivity contribution in [2.24, 2.45) is 0 Å². The number of carbonyl (C=O) groups is 2. The van der Waals surface area contributed by atoms with E-state index in [1.807, 2.05) is 30.3 Å². The molecule has 1 saturated heterocycles. The zero-order chi connectivity index (χ0) is 19.2. The van der Waals surface area contributed by atoms with Gasteiger partial charge in [-0.05, 0) is 29.8 Å². The van der Waals surface area contributed by atoms with Crippen molar-refractivity contribution < 1.29 is 14.3 Å².